The first kappa shape index (κ1) is 22.4. The molecule has 0 bridgehead atoms. The number of nitrogens with zero attached hydrogens (tertiary/aromatic N) is 3. The standard InChI is InChI=1S/C21H26F3N5/c1-6-8-12(3)9-17-16(7-2)14(5)28-29-20(17)26-11-15-10-18(25)27-19(13(15)4)21(22,23)24/h7-10H,6,11H2,1-5H3,(H2,25,27)(H,26,29)/b12-8+,16-7-,17-9+. The zero-order valence-electron chi connectivity index (χ0n) is 17.3. The number of hydrogen-bond donors (Lipinski definition) is 2. The van der Waals surface area contributed by atoms with Crippen molar-refractivity contribution < 1.29 is 13.2 Å². The molecule has 29 heavy (non-hydrogen) atoms. The fourth-order valence-electron chi connectivity index (χ4n) is 3.13. The van der Waals surface area contributed by atoms with Gasteiger partial charge in [0, 0.05) is 17.0 Å². The monoisotopic (exact) mass is 405 g/mol. The Balaban J connectivity index is 2.53. The van der Waals surface area contributed by atoms with E-state index in [0.29, 0.717) is 11.4 Å². The molecule has 0 unspecified atom stereocenters. The number of allylic oxidation sites excluding steroid dienone is 2. The summed E-state index contributed by atoms with van der Waals surface area (Å²) in [7, 11) is 0. The van der Waals surface area contributed by atoms with Crippen molar-refractivity contribution in [2.45, 2.75) is 53.8 Å². The second-order valence-corrected chi connectivity index (χ2v) is 6.78. The molecule has 0 aromatic carbocycles. The maximum atomic E-state index is 13.2. The molecule has 0 aliphatic heterocycles. The van der Waals surface area contributed by atoms with Crippen LogP contribution in [0.4, 0.5) is 24.8 Å². The summed E-state index contributed by atoms with van der Waals surface area (Å²) in [4.78, 5) is 3.45. The number of nitrogens with one attached hydrogen (secondary N) is 1. The third-order valence-electron chi connectivity index (χ3n) is 4.54. The molecule has 0 saturated carbocycles. The number of nitrogens with two attached hydrogens (primary N) is 1. The van der Waals surface area contributed by atoms with E-state index in [1.54, 1.807) is 0 Å². The van der Waals surface area contributed by atoms with E-state index < -0.39 is 11.9 Å². The lowest BCUT2D eigenvalue weighted by atomic mass is 10.1. The minimum atomic E-state index is -4.57. The van der Waals surface area contributed by atoms with Crippen molar-refractivity contribution in [2.75, 3.05) is 11.1 Å². The Hall–Kier alpha value is -2.90. The molecule has 0 aliphatic rings. The van der Waals surface area contributed by atoms with Crippen LogP contribution >= 0.6 is 0 Å². The quantitative estimate of drug-likeness (QED) is 0.794. The molecule has 156 valence electrons. The van der Waals surface area contributed by atoms with E-state index in [1.165, 1.54) is 13.0 Å². The van der Waals surface area contributed by atoms with Crippen LogP contribution in [-0.2, 0) is 12.7 Å². The van der Waals surface area contributed by atoms with E-state index >= 15 is 0 Å². The number of aryl methyl sites for hydroxylation is 1. The van der Waals surface area contributed by atoms with Gasteiger partial charge in [0.1, 0.15) is 11.5 Å². The van der Waals surface area contributed by atoms with Crippen molar-refractivity contribution in [3.63, 3.8) is 0 Å². The minimum absolute atomic E-state index is 0.0362. The normalized spacial score (nSPS) is 13.9. The van der Waals surface area contributed by atoms with Crippen LogP contribution < -0.4 is 21.5 Å². The van der Waals surface area contributed by atoms with Crippen molar-refractivity contribution in [3.8, 4) is 0 Å². The molecule has 3 N–H and O–H groups in total. The lowest BCUT2D eigenvalue weighted by Crippen LogP contribution is -2.33. The Labute approximate surface area is 168 Å². The molecule has 0 radical (unpaired) electrons. The smallest absolute Gasteiger partial charge is 0.384 e. The summed E-state index contributed by atoms with van der Waals surface area (Å²) in [5.74, 6) is 0.321. The largest absolute Gasteiger partial charge is 0.433 e. The van der Waals surface area contributed by atoms with Crippen LogP contribution in [0, 0.1) is 13.8 Å². The molecule has 0 spiro atoms. The first-order valence-corrected chi connectivity index (χ1v) is 9.33. The number of aromatic nitrogens is 3. The SMILES string of the molecule is C/C=c1/c(C)nnc(NCc2cc(N)nc(C(F)(F)F)c2C)/c1=C/C(C)=C/CC. The minimum Gasteiger partial charge on any atom is -0.384 e. The molecule has 2 heterocycles. The van der Waals surface area contributed by atoms with Gasteiger partial charge in [0.15, 0.2) is 5.82 Å². The maximum Gasteiger partial charge on any atom is 0.433 e. The van der Waals surface area contributed by atoms with E-state index in [4.69, 9.17) is 5.73 Å². The zero-order valence-corrected chi connectivity index (χ0v) is 17.3. The predicted octanol–water partition coefficient (Wildman–Crippen LogP) is 3.64. The Morgan fingerprint density at radius 1 is 1.21 bits per heavy atom. The van der Waals surface area contributed by atoms with Crippen molar-refractivity contribution in [1.29, 1.82) is 0 Å². The van der Waals surface area contributed by atoms with Crippen molar-refractivity contribution in [2.24, 2.45) is 0 Å². The molecule has 0 amide bonds. The van der Waals surface area contributed by atoms with Crippen LogP contribution in [0.3, 0.4) is 0 Å². The molecule has 2 rings (SSSR count). The molecular formula is C21H26F3N5. The van der Waals surface area contributed by atoms with Crippen LogP contribution in [0.2, 0.25) is 0 Å². The van der Waals surface area contributed by atoms with E-state index in [1.807, 2.05) is 39.8 Å². The zero-order chi connectivity index (χ0) is 21.8. The predicted molar refractivity (Wildman–Crippen MR) is 110 cm³/mol. The van der Waals surface area contributed by atoms with Gasteiger partial charge in [-0.2, -0.15) is 18.3 Å². The summed E-state index contributed by atoms with van der Waals surface area (Å²) in [6, 6.07) is 1.44. The Morgan fingerprint density at radius 3 is 2.48 bits per heavy atom. The average molecular weight is 405 g/mol. The van der Waals surface area contributed by atoms with Crippen molar-refractivity contribution >= 4 is 23.8 Å². The molecule has 8 heteroatoms. The van der Waals surface area contributed by atoms with Crippen molar-refractivity contribution in [3.05, 3.63) is 50.7 Å². The number of hydrogen-bond acceptors (Lipinski definition) is 5. The topological polar surface area (TPSA) is 76.7 Å². The van der Waals surface area contributed by atoms with E-state index in [0.717, 1.165) is 28.1 Å². The highest BCUT2D eigenvalue weighted by Crippen LogP contribution is 2.32. The molecule has 0 saturated heterocycles. The number of pyridine rings is 1. The van der Waals surface area contributed by atoms with E-state index in [-0.39, 0.29) is 17.9 Å². The summed E-state index contributed by atoms with van der Waals surface area (Å²) >= 11 is 0. The van der Waals surface area contributed by atoms with Crippen molar-refractivity contribution in [1.82, 2.24) is 15.2 Å². The number of alkyl halides is 3. The fraction of sp³-hybridized carbons (Fsp3) is 0.381. The highest BCUT2D eigenvalue weighted by Gasteiger charge is 2.35. The molecule has 0 atom stereocenters. The van der Waals surface area contributed by atoms with Crippen LogP contribution in [0.15, 0.2) is 17.7 Å². The lowest BCUT2D eigenvalue weighted by Gasteiger charge is -2.15. The summed E-state index contributed by atoms with van der Waals surface area (Å²) in [5, 5.41) is 13.3. The molecule has 2 aromatic rings. The molecule has 2 aromatic heterocycles. The maximum absolute atomic E-state index is 13.2. The Morgan fingerprint density at radius 2 is 1.90 bits per heavy atom. The van der Waals surface area contributed by atoms with E-state index in [2.05, 4.69) is 26.6 Å². The Kier molecular flexibility index (Phi) is 7.00. The third kappa shape index (κ3) is 5.34. The van der Waals surface area contributed by atoms with Gasteiger partial charge in [-0.15, -0.1) is 5.10 Å². The molecular weight excluding hydrogens is 379 g/mol. The number of anilines is 2. The first-order valence-electron chi connectivity index (χ1n) is 9.33. The highest BCUT2D eigenvalue weighted by atomic mass is 19.4. The second kappa shape index (κ2) is 9.07. The van der Waals surface area contributed by atoms with Gasteiger partial charge < -0.3 is 11.1 Å². The van der Waals surface area contributed by atoms with Gasteiger partial charge in [-0.05, 0) is 57.4 Å². The van der Waals surface area contributed by atoms with Gasteiger partial charge in [0.2, 0.25) is 0 Å². The van der Waals surface area contributed by atoms with Crippen LogP contribution in [-0.4, -0.2) is 15.2 Å². The number of rotatable bonds is 5. The highest BCUT2D eigenvalue weighted by molar-refractivity contribution is 5.54. The summed E-state index contributed by atoms with van der Waals surface area (Å²) in [5.41, 5.74) is 6.91. The Bertz CT molecular complexity index is 1040. The molecule has 5 nitrogen and oxygen atoms in total. The van der Waals surface area contributed by atoms with Crippen LogP contribution in [0.1, 0.15) is 49.7 Å². The summed E-state index contributed by atoms with van der Waals surface area (Å²) in [6.45, 7) is 9.32. The van der Waals surface area contributed by atoms with Gasteiger partial charge in [-0.1, -0.05) is 24.6 Å². The first-order chi connectivity index (χ1) is 13.6. The van der Waals surface area contributed by atoms with Gasteiger partial charge in [0.05, 0.1) is 5.69 Å². The van der Waals surface area contributed by atoms with Gasteiger partial charge in [-0.3, -0.25) is 0 Å². The summed E-state index contributed by atoms with van der Waals surface area (Å²) in [6.07, 6.45) is 2.35. The van der Waals surface area contributed by atoms with E-state index in [9.17, 15) is 13.2 Å². The molecule has 0 fully saturated rings. The summed E-state index contributed by atoms with van der Waals surface area (Å²) < 4.78 is 39.7. The lowest BCUT2D eigenvalue weighted by molar-refractivity contribution is -0.141. The average Bonchev–Trinajstić information content (AvgIpc) is 2.63. The second-order valence-electron chi connectivity index (χ2n) is 6.78. The van der Waals surface area contributed by atoms with Gasteiger partial charge in [-0.25, -0.2) is 4.98 Å². The molecule has 0 aliphatic carbocycles. The fourth-order valence-corrected chi connectivity index (χ4v) is 3.13. The number of nitrogen functional groups attached to an aromatic ring is 1. The third-order valence-corrected chi connectivity index (χ3v) is 4.54. The van der Waals surface area contributed by atoms with Gasteiger partial charge in [0.25, 0.3) is 0 Å². The van der Waals surface area contributed by atoms with Gasteiger partial charge >= 0.3 is 6.18 Å². The number of halogens is 3. The van der Waals surface area contributed by atoms with Crippen LogP contribution in [0.5, 0.6) is 0 Å². The van der Waals surface area contributed by atoms with Crippen LogP contribution in [0.25, 0.3) is 12.2 Å².